The fourth-order valence-electron chi connectivity index (χ4n) is 2.71. The smallest absolute Gasteiger partial charge is 0.250 e. The van der Waals surface area contributed by atoms with Gasteiger partial charge in [-0.05, 0) is 42.0 Å². The third-order valence-electron chi connectivity index (χ3n) is 4.22. The fraction of sp³-hybridized carbons (Fsp3) is 0.0870. The molecule has 0 radical (unpaired) electrons. The van der Waals surface area contributed by atoms with Crippen LogP contribution in [0.15, 0.2) is 82.2 Å². The Balaban J connectivity index is 1.29. The summed E-state index contributed by atoms with van der Waals surface area (Å²) >= 11 is 2.94. The molecule has 0 fully saturated rings. The minimum atomic E-state index is -0.284. The van der Waals surface area contributed by atoms with Gasteiger partial charge in [-0.1, -0.05) is 48.2 Å². The Bertz CT molecular complexity index is 1180. The summed E-state index contributed by atoms with van der Waals surface area (Å²) in [6.45, 7) is 0.302. The van der Waals surface area contributed by atoms with E-state index in [1.807, 2.05) is 48.5 Å². The predicted molar refractivity (Wildman–Crippen MR) is 123 cm³/mol. The lowest BCUT2D eigenvalue weighted by molar-refractivity contribution is -0.118. The lowest BCUT2D eigenvalue weighted by Crippen LogP contribution is -2.19. The van der Waals surface area contributed by atoms with Crippen molar-refractivity contribution in [3.8, 4) is 5.75 Å². The molecule has 3 aromatic carbocycles. The van der Waals surface area contributed by atoms with Gasteiger partial charge in [0.1, 0.15) is 18.2 Å². The lowest BCUT2D eigenvalue weighted by Gasteiger charge is -2.09. The van der Waals surface area contributed by atoms with E-state index in [9.17, 15) is 9.18 Å². The Labute approximate surface area is 187 Å². The van der Waals surface area contributed by atoms with Crippen molar-refractivity contribution in [1.82, 2.24) is 10.4 Å². The summed E-state index contributed by atoms with van der Waals surface area (Å²) in [7, 11) is 0. The van der Waals surface area contributed by atoms with E-state index in [4.69, 9.17) is 4.74 Å². The first-order valence-corrected chi connectivity index (χ1v) is 11.2. The minimum absolute atomic E-state index is 0.217. The Hall–Kier alpha value is -3.23. The molecule has 0 aliphatic heterocycles. The summed E-state index contributed by atoms with van der Waals surface area (Å²) in [6, 6.07) is 21.4. The molecular formula is C23H18FN3O2S2. The van der Waals surface area contributed by atoms with Gasteiger partial charge in [-0.15, -0.1) is 11.3 Å². The number of nitrogens with one attached hydrogen (secondary N) is 1. The Kier molecular flexibility index (Phi) is 6.91. The zero-order chi connectivity index (χ0) is 21.5. The highest BCUT2D eigenvalue weighted by Crippen LogP contribution is 2.29. The quantitative estimate of drug-likeness (QED) is 0.226. The first-order chi connectivity index (χ1) is 15.2. The van der Waals surface area contributed by atoms with Crippen LogP contribution in [0.5, 0.6) is 5.75 Å². The van der Waals surface area contributed by atoms with Gasteiger partial charge in [-0.25, -0.2) is 14.8 Å². The van der Waals surface area contributed by atoms with E-state index in [0.717, 1.165) is 25.7 Å². The molecule has 1 amide bonds. The van der Waals surface area contributed by atoms with Crippen molar-refractivity contribution in [3.63, 3.8) is 0 Å². The highest BCUT2D eigenvalue weighted by Gasteiger charge is 2.07. The maximum Gasteiger partial charge on any atom is 0.250 e. The fourth-order valence-corrected chi connectivity index (χ4v) is 4.57. The molecule has 4 aromatic rings. The molecule has 1 N–H and O–H groups in total. The number of hydrogen-bond acceptors (Lipinski definition) is 6. The van der Waals surface area contributed by atoms with E-state index in [2.05, 4.69) is 15.5 Å². The molecule has 1 aromatic heterocycles. The standard InChI is InChI=1S/C23H18FN3O2S2/c24-18-11-9-16(10-12-18)14-29-20-7-3-1-5-17(20)13-25-27-22(28)15-30-23-26-19-6-2-4-8-21(19)31-23/h1-13H,14-15H2,(H,27,28)/b25-13-. The van der Waals surface area contributed by atoms with Crippen LogP contribution in [-0.2, 0) is 11.4 Å². The van der Waals surface area contributed by atoms with Crippen LogP contribution in [0.25, 0.3) is 10.2 Å². The SMILES string of the molecule is O=C(CSc1nc2ccccc2s1)N/N=C\c1ccccc1OCc1ccc(F)cc1. The van der Waals surface area contributed by atoms with Crippen LogP contribution >= 0.6 is 23.1 Å². The lowest BCUT2D eigenvalue weighted by atomic mass is 10.2. The summed E-state index contributed by atoms with van der Waals surface area (Å²) in [6.07, 6.45) is 1.54. The van der Waals surface area contributed by atoms with Crippen molar-refractivity contribution in [2.24, 2.45) is 5.10 Å². The number of fused-ring (bicyclic) bond motifs is 1. The second-order valence-corrected chi connectivity index (χ2v) is 8.74. The second-order valence-electron chi connectivity index (χ2n) is 6.48. The highest BCUT2D eigenvalue weighted by molar-refractivity contribution is 8.01. The normalized spacial score (nSPS) is 11.1. The van der Waals surface area contributed by atoms with Crippen molar-refractivity contribution in [1.29, 1.82) is 0 Å². The molecule has 0 aliphatic carbocycles. The van der Waals surface area contributed by atoms with E-state index in [1.54, 1.807) is 29.7 Å². The van der Waals surface area contributed by atoms with Gasteiger partial charge in [0.05, 0.1) is 22.2 Å². The van der Waals surface area contributed by atoms with Crippen LogP contribution in [0.4, 0.5) is 4.39 Å². The van der Waals surface area contributed by atoms with Crippen LogP contribution < -0.4 is 10.2 Å². The third-order valence-corrected chi connectivity index (χ3v) is 6.40. The van der Waals surface area contributed by atoms with Crippen LogP contribution in [0.2, 0.25) is 0 Å². The number of hydrazone groups is 1. The van der Waals surface area contributed by atoms with Crippen LogP contribution in [0, 0.1) is 5.82 Å². The number of thiazole rings is 1. The van der Waals surface area contributed by atoms with E-state index in [1.165, 1.54) is 23.9 Å². The van der Waals surface area contributed by atoms with E-state index < -0.39 is 0 Å². The summed E-state index contributed by atoms with van der Waals surface area (Å²) in [5, 5.41) is 4.04. The average Bonchev–Trinajstić information content (AvgIpc) is 3.21. The zero-order valence-corrected chi connectivity index (χ0v) is 18.0. The molecule has 156 valence electrons. The molecule has 1 heterocycles. The van der Waals surface area contributed by atoms with Crippen molar-refractivity contribution in [2.75, 3.05) is 5.75 Å². The summed E-state index contributed by atoms with van der Waals surface area (Å²) in [4.78, 5) is 16.6. The molecule has 0 atom stereocenters. The number of halogens is 1. The topological polar surface area (TPSA) is 63.6 Å². The van der Waals surface area contributed by atoms with Crippen molar-refractivity contribution in [2.45, 2.75) is 10.9 Å². The van der Waals surface area contributed by atoms with Gasteiger partial charge in [0.25, 0.3) is 5.91 Å². The second kappa shape index (κ2) is 10.2. The number of carbonyl (C=O) groups excluding carboxylic acids is 1. The number of para-hydroxylation sites is 2. The highest BCUT2D eigenvalue weighted by atomic mass is 32.2. The van der Waals surface area contributed by atoms with E-state index in [-0.39, 0.29) is 17.5 Å². The first kappa shape index (κ1) is 21.0. The Morgan fingerprint density at radius 2 is 1.87 bits per heavy atom. The molecule has 0 saturated carbocycles. The van der Waals surface area contributed by atoms with Gasteiger partial charge < -0.3 is 4.74 Å². The maximum atomic E-state index is 13.0. The molecule has 0 bridgehead atoms. The molecular weight excluding hydrogens is 433 g/mol. The van der Waals surface area contributed by atoms with Gasteiger partial charge in [-0.3, -0.25) is 4.79 Å². The molecule has 8 heteroatoms. The van der Waals surface area contributed by atoms with Crippen LogP contribution in [0.1, 0.15) is 11.1 Å². The average molecular weight is 452 g/mol. The molecule has 0 spiro atoms. The number of ether oxygens (including phenoxy) is 1. The van der Waals surface area contributed by atoms with Gasteiger partial charge >= 0.3 is 0 Å². The predicted octanol–water partition coefficient (Wildman–Crippen LogP) is 5.26. The van der Waals surface area contributed by atoms with Gasteiger partial charge in [0.15, 0.2) is 4.34 Å². The first-order valence-electron chi connectivity index (χ1n) is 9.44. The number of nitrogens with zero attached hydrogens (tertiary/aromatic N) is 2. The summed E-state index contributed by atoms with van der Waals surface area (Å²) in [5.74, 6) is 0.340. The molecule has 0 unspecified atom stereocenters. The molecule has 0 aliphatic rings. The number of aromatic nitrogens is 1. The molecule has 31 heavy (non-hydrogen) atoms. The van der Waals surface area contributed by atoms with Crippen molar-refractivity contribution in [3.05, 3.63) is 89.7 Å². The molecule has 5 nitrogen and oxygen atoms in total. The number of hydrogen-bond donors (Lipinski definition) is 1. The number of benzene rings is 3. The Morgan fingerprint density at radius 3 is 2.71 bits per heavy atom. The minimum Gasteiger partial charge on any atom is -0.488 e. The van der Waals surface area contributed by atoms with Crippen molar-refractivity contribution >= 4 is 45.4 Å². The monoisotopic (exact) mass is 451 g/mol. The van der Waals surface area contributed by atoms with Crippen LogP contribution in [0.3, 0.4) is 0 Å². The zero-order valence-electron chi connectivity index (χ0n) is 16.3. The van der Waals surface area contributed by atoms with Gasteiger partial charge in [-0.2, -0.15) is 5.10 Å². The number of thioether (sulfide) groups is 1. The van der Waals surface area contributed by atoms with E-state index in [0.29, 0.717) is 12.4 Å². The molecule has 0 saturated heterocycles. The number of carbonyl (C=O) groups is 1. The number of amides is 1. The maximum absolute atomic E-state index is 13.0. The Morgan fingerprint density at radius 1 is 1.10 bits per heavy atom. The third kappa shape index (κ3) is 5.90. The summed E-state index contributed by atoms with van der Waals surface area (Å²) < 4.78 is 20.8. The van der Waals surface area contributed by atoms with Crippen molar-refractivity contribution < 1.29 is 13.9 Å². The van der Waals surface area contributed by atoms with Gasteiger partial charge in [0.2, 0.25) is 0 Å². The van der Waals surface area contributed by atoms with Gasteiger partial charge in [0, 0.05) is 5.56 Å². The summed E-state index contributed by atoms with van der Waals surface area (Å²) in [5.41, 5.74) is 5.05. The largest absolute Gasteiger partial charge is 0.488 e. The van der Waals surface area contributed by atoms with E-state index >= 15 is 0 Å². The molecule has 4 rings (SSSR count). The number of rotatable bonds is 8. The van der Waals surface area contributed by atoms with Crippen LogP contribution in [-0.4, -0.2) is 22.9 Å².